The van der Waals surface area contributed by atoms with Crippen LogP contribution in [0.5, 0.6) is 5.75 Å². The van der Waals surface area contributed by atoms with Crippen LogP contribution in [0, 0.1) is 5.92 Å². The highest BCUT2D eigenvalue weighted by molar-refractivity contribution is 7.99. The third-order valence-corrected chi connectivity index (χ3v) is 4.00. The molecule has 1 aliphatic rings. The molecule has 0 aromatic heterocycles. The van der Waals surface area contributed by atoms with E-state index in [9.17, 15) is 4.79 Å². The van der Waals surface area contributed by atoms with Crippen molar-refractivity contribution in [3.05, 3.63) is 23.8 Å². The Kier molecular flexibility index (Phi) is 3.39. The van der Waals surface area contributed by atoms with E-state index >= 15 is 0 Å². The molecule has 1 N–H and O–H groups in total. The van der Waals surface area contributed by atoms with Gasteiger partial charge in [-0.05, 0) is 30.2 Å². The minimum Gasteiger partial charge on any atom is -0.496 e. The Balaban J connectivity index is 2.34. The van der Waals surface area contributed by atoms with Crippen molar-refractivity contribution < 1.29 is 14.6 Å². The van der Waals surface area contributed by atoms with E-state index in [1.54, 1.807) is 18.9 Å². The van der Waals surface area contributed by atoms with Gasteiger partial charge >= 0.3 is 5.97 Å². The summed E-state index contributed by atoms with van der Waals surface area (Å²) in [5, 5.41) is 9.07. The summed E-state index contributed by atoms with van der Waals surface area (Å²) in [7, 11) is 1.65. The fraction of sp³-hybridized carbons (Fsp3) is 0.417. The van der Waals surface area contributed by atoms with Gasteiger partial charge in [0, 0.05) is 0 Å². The Labute approximate surface area is 98.8 Å². The monoisotopic (exact) mass is 238 g/mol. The molecule has 1 aromatic rings. The second kappa shape index (κ2) is 4.78. The van der Waals surface area contributed by atoms with Gasteiger partial charge in [-0.15, -0.1) is 11.8 Å². The van der Waals surface area contributed by atoms with E-state index in [0.29, 0.717) is 6.42 Å². The number of hydrogen-bond donors (Lipinski definition) is 1. The summed E-state index contributed by atoms with van der Waals surface area (Å²) in [5.74, 6) is 0.732. The summed E-state index contributed by atoms with van der Waals surface area (Å²) in [6.45, 7) is 0. The molecule has 0 saturated heterocycles. The van der Waals surface area contributed by atoms with Crippen LogP contribution >= 0.6 is 11.8 Å². The van der Waals surface area contributed by atoms with Crippen LogP contribution in [0.25, 0.3) is 0 Å². The van der Waals surface area contributed by atoms with Gasteiger partial charge in [0.25, 0.3) is 0 Å². The van der Waals surface area contributed by atoms with E-state index in [2.05, 4.69) is 0 Å². The van der Waals surface area contributed by atoms with Crippen LogP contribution in [0.4, 0.5) is 0 Å². The molecule has 0 amide bonds. The number of benzene rings is 1. The number of rotatable bonds is 2. The highest BCUT2D eigenvalue weighted by atomic mass is 32.2. The van der Waals surface area contributed by atoms with Gasteiger partial charge in [-0.25, -0.2) is 0 Å². The van der Waals surface area contributed by atoms with Crippen molar-refractivity contribution in [1.82, 2.24) is 0 Å². The summed E-state index contributed by atoms with van der Waals surface area (Å²) < 4.78 is 5.30. The van der Waals surface area contributed by atoms with Crippen LogP contribution in [0.15, 0.2) is 23.1 Å². The lowest BCUT2D eigenvalue weighted by molar-refractivity contribution is -0.141. The number of carboxylic acid groups (broad SMARTS) is 1. The molecule has 86 valence electrons. The SMILES string of the molecule is COc1cccc2c1SCCC(C(=O)O)C2. The number of carboxylic acids is 1. The number of ether oxygens (including phenoxy) is 1. The second-order valence-corrected chi connectivity index (χ2v) is 4.93. The van der Waals surface area contributed by atoms with Gasteiger partial charge in [-0.3, -0.25) is 4.79 Å². The van der Waals surface area contributed by atoms with Gasteiger partial charge < -0.3 is 9.84 Å². The molecule has 16 heavy (non-hydrogen) atoms. The molecule has 1 aliphatic heterocycles. The highest BCUT2D eigenvalue weighted by Crippen LogP contribution is 2.37. The van der Waals surface area contributed by atoms with Crippen LogP contribution in [-0.2, 0) is 11.2 Å². The number of thioether (sulfide) groups is 1. The second-order valence-electron chi connectivity index (χ2n) is 3.82. The largest absolute Gasteiger partial charge is 0.496 e. The third kappa shape index (κ3) is 2.16. The zero-order valence-corrected chi connectivity index (χ0v) is 9.92. The van der Waals surface area contributed by atoms with Crippen LogP contribution in [0.3, 0.4) is 0 Å². The van der Waals surface area contributed by atoms with Gasteiger partial charge in [-0.1, -0.05) is 12.1 Å². The molecule has 3 nitrogen and oxygen atoms in total. The first-order valence-corrected chi connectivity index (χ1v) is 6.22. The summed E-state index contributed by atoms with van der Waals surface area (Å²) >= 11 is 1.69. The minimum absolute atomic E-state index is 0.263. The van der Waals surface area contributed by atoms with Crippen molar-refractivity contribution in [2.45, 2.75) is 17.7 Å². The Morgan fingerprint density at radius 3 is 3.06 bits per heavy atom. The maximum atomic E-state index is 11.0. The van der Waals surface area contributed by atoms with E-state index in [0.717, 1.165) is 28.4 Å². The molecule has 4 heteroatoms. The topological polar surface area (TPSA) is 46.5 Å². The summed E-state index contributed by atoms with van der Waals surface area (Å²) in [6, 6.07) is 5.83. The quantitative estimate of drug-likeness (QED) is 0.859. The maximum absolute atomic E-state index is 11.0. The van der Waals surface area contributed by atoms with Crippen LogP contribution in [-0.4, -0.2) is 23.9 Å². The van der Waals surface area contributed by atoms with E-state index in [4.69, 9.17) is 9.84 Å². The van der Waals surface area contributed by atoms with Crippen molar-refractivity contribution in [2.75, 3.05) is 12.9 Å². The predicted octanol–water partition coefficient (Wildman–Crippen LogP) is 2.43. The van der Waals surface area contributed by atoms with Crippen LogP contribution in [0.2, 0.25) is 0 Å². The molecule has 0 aliphatic carbocycles. The van der Waals surface area contributed by atoms with Crippen molar-refractivity contribution >= 4 is 17.7 Å². The molecular formula is C12H14O3S. The third-order valence-electron chi connectivity index (χ3n) is 2.81. The van der Waals surface area contributed by atoms with Gasteiger partial charge in [0.2, 0.25) is 0 Å². The smallest absolute Gasteiger partial charge is 0.306 e. The van der Waals surface area contributed by atoms with E-state index in [-0.39, 0.29) is 5.92 Å². The first-order chi connectivity index (χ1) is 7.72. The summed E-state index contributed by atoms with van der Waals surface area (Å²) in [4.78, 5) is 12.1. The standard InChI is InChI=1S/C12H14O3S/c1-15-10-4-2-3-8-7-9(12(13)14)5-6-16-11(8)10/h2-4,9H,5-7H2,1H3,(H,13,14). The summed E-state index contributed by atoms with van der Waals surface area (Å²) in [5.41, 5.74) is 1.09. The molecule has 2 rings (SSSR count). The Morgan fingerprint density at radius 2 is 2.38 bits per heavy atom. The zero-order chi connectivity index (χ0) is 11.5. The summed E-state index contributed by atoms with van der Waals surface area (Å²) in [6.07, 6.45) is 1.33. The fourth-order valence-corrected chi connectivity index (χ4v) is 3.17. The van der Waals surface area contributed by atoms with E-state index in [1.165, 1.54) is 0 Å². The lowest BCUT2D eigenvalue weighted by atomic mass is 9.97. The molecule has 1 atom stereocenters. The number of aliphatic carboxylic acids is 1. The van der Waals surface area contributed by atoms with Crippen molar-refractivity contribution in [1.29, 1.82) is 0 Å². The molecule has 0 fully saturated rings. The van der Waals surface area contributed by atoms with Gasteiger partial charge in [0.05, 0.1) is 17.9 Å². The maximum Gasteiger partial charge on any atom is 0.306 e. The molecule has 0 spiro atoms. The normalized spacial score (nSPS) is 19.7. The number of hydrogen-bond acceptors (Lipinski definition) is 3. The van der Waals surface area contributed by atoms with Gasteiger partial charge in [-0.2, -0.15) is 0 Å². The van der Waals surface area contributed by atoms with Gasteiger partial charge in [0.1, 0.15) is 5.75 Å². The number of methoxy groups -OCH3 is 1. The number of carbonyl (C=O) groups is 1. The van der Waals surface area contributed by atoms with Crippen molar-refractivity contribution in [3.63, 3.8) is 0 Å². The highest BCUT2D eigenvalue weighted by Gasteiger charge is 2.24. The van der Waals surface area contributed by atoms with E-state index in [1.807, 2.05) is 18.2 Å². The van der Waals surface area contributed by atoms with Crippen molar-refractivity contribution in [2.24, 2.45) is 5.92 Å². The van der Waals surface area contributed by atoms with E-state index < -0.39 is 5.97 Å². The Bertz CT molecular complexity index is 403. The van der Waals surface area contributed by atoms with Crippen molar-refractivity contribution in [3.8, 4) is 5.75 Å². The molecule has 0 saturated carbocycles. The fourth-order valence-electron chi connectivity index (χ4n) is 1.93. The van der Waals surface area contributed by atoms with Crippen LogP contribution < -0.4 is 4.74 Å². The average molecular weight is 238 g/mol. The molecule has 0 radical (unpaired) electrons. The first-order valence-electron chi connectivity index (χ1n) is 5.24. The molecule has 1 heterocycles. The lowest BCUT2D eigenvalue weighted by Crippen LogP contribution is -2.16. The minimum atomic E-state index is -0.698. The van der Waals surface area contributed by atoms with Crippen LogP contribution in [0.1, 0.15) is 12.0 Å². The molecule has 1 aromatic carbocycles. The Hall–Kier alpha value is -1.16. The molecule has 0 bridgehead atoms. The molecular weight excluding hydrogens is 224 g/mol. The Morgan fingerprint density at radius 1 is 1.56 bits per heavy atom. The first kappa shape index (κ1) is 11.3. The number of fused-ring (bicyclic) bond motifs is 1. The zero-order valence-electron chi connectivity index (χ0n) is 9.10. The molecule has 1 unspecified atom stereocenters. The average Bonchev–Trinajstić information content (AvgIpc) is 2.50. The van der Waals surface area contributed by atoms with Gasteiger partial charge in [0.15, 0.2) is 0 Å². The predicted molar refractivity (Wildman–Crippen MR) is 63.2 cm³/mol. The lowest BCUT2D eigenvalue weighted by Gasteiger charge is -2.11.